The summed E-state index contributed by atoms with van der Waals surface area (Å²) in [6.45, 7) is 6.20. The molecule has 6 heteroatoms. The number of benzene rings is 1. The predicted molar refractivity (Wildman–Crippen MR) is 96.5 cm³/mol. The van der Waals surface area contributed by atoms with Crippen molar-refractivity contribution in [2.75, 3.05) is 38.5 Å². The summed E-state index contributed by atoms with van der Waals surface area (Å²) >= 11 is 7.75. The molecule has 1 aromatic carbocycles. The Hall–Kier alpha value is -0.750. The molecule has 1 saturated heterocycles. The second kappa shape index (κ2) is 9.52. The maximum Gasteiger partial charge on any atom is 0.317 e. The summed E-state index contributed by atoms with van der Waals surface area (Å²) in [5.74, 6) is 0.340. The highest BCUT2D eigenvalue weighted by Crippen LogP contribution is 2.21. The van der Waals surface area contributed by atoms with Crippen molar-refractivity contribution in [3.63, 3.8) is 0 Å². The Kier molecular flexibility index (Phi) is 7.70. The normalized spacial score (nSPS) is 16.8. The lowest BCUT2D eigenvalue weighted by Gasteiger charge is -2.37. The van der Waals surface area contributed by atoms with Crippen LogP contribution in [0.15, 0.2) is 29.2 Å². The van der Waals surface area contributed by atoms with Gasteiger partial charge in [-0.2, -0.15) is 0 Å². The fourth-order valence-corrected chi connectivity index (χ4v) is 4.04. The lowest BCUT2D eigenvalue weighted by molar-refractivity contribution is -0.139. The summed E-state index contributed by atoms with van der Waals surface area (Å²) < 4.78 is 0. The smallest absolute Gasteiger partial charge is 0.317 e. The van der Waals surface area contributed by atoms with E-state index in [0.29, 0.717) is 6.04 Å². The van der Waals surface area contributed by atoms with Crippen molar-refractivity contribution >= 4 is 29.3 Å². The van der Waals surface area contributed by atoms with E-state index in [0.717, 1.165) is 49.8 Å². The molecule has 1 fully saturated rings. The van der Waals surface area contributed by atoms with E-state index in [2.05, 4.69) is 21.9 Å². The van der Waals surface area contributed by atoms with E-state index in [1.807, 2.05) is 30.8 Å². The molecule has 4 nitrogen and oxygen atoms in total. The van der Waals surface area contributed by atoms with Crippen LogP contribution in [0.1, 0.15) is 19.8 Å². The SMILES string of the molecule is CCN(CC(=O)O)C1CCN(CCSc2ccc(Cl)cc2)CC1. The monoisotopic (exact) mass is 356 g/mol. The summed E-state index contributed by atoms with van der Waals surface area (Å²) in [7, 11) is 0. The lowest BCUT2D eigenvalue weighted by Crippen LogP contribution is -2.46. The zero-order valence-corrected chi connectivity index (χ0v) is 15.2. The highest BCUT2D eigenvalue weighted by Gasteiger charge is 2.24. The van der Waals surface area contributed by atoms with E-state index < -0.39 is 5.97 Å². The summed E-state index contributed by atoms with van der Waals surface area (Å²) in [5, 5.41) is 9.75. The molecule has 1 aliphatic rings. The Morgan fingerprint density at radius 3 is 2.57 bits per heavy atom. The van der Waals surface area contributed by atoms with Gasteiger partial charge in [0.05, 0.1) is 6.54 Å². The summed E-state index contributed by atoms with van der Waals surface area (Å²) in [6.07, 6.45) is 2.12. The third-order valence-corrected chi connectivity index (χ3v) is 5.55. The van der Waals surface area contributed by atoms with Gasteiger partial charge in [0.1, 0.15) is 0 Å². The predicted octanol–water partition coefficient (Wildman–Crippen LogP) is 3.30. The Balaban J connectivity index is 1.68. The van der Waals surface area contributed by atoms with Gasteiger partial charge in [0, 0.05) is 28.3 Å². The van der Waals surface area contributed by atoms with E-state index in [-0.39, 0.29) is 6.54 Å². The molecule has 0 radical (unpaired) electrons. The van der Waals surface area contributed by atoms with Crippen LogP contribution < -0.4 is 0 Å². The Labute approximate surface area is 147 Å². The molecule has 0 spiro atoms. The van der Waals surface area contributed by atoms with Crippen molar-refractivity contribution in [1.29, 1.82) is 0 Å². The van der Waals surface area contributed by atoms with E-state index >= 15 is 0 Å². The van der Waals surface area contributed by atoms with Crippen molar-refractivity contribution in [3.8, 4) is 0 Å². The second-order valence-corrected chi connectivity index (χ2v) is 7.44. The Bertz CT molecular complexity index is 490. The van der Waals surface area contributed by atoms with E-state index in [9.17, 15) is 4.79 Å². The number of rotatable bonds is 8. The van der Waals surface area contributed by atoms with Crippen molar-refractivity contribution in [1.82, 2.24) is 9.80 Å². The first-order valence-electron chi connectivity index (χ1n) is 8.15. The molecule has 0 aliphatic carbocycles. The van der Waals surface area contributed by atoms with Crippen LogP contribution in [-0.2, 0) is 4.79 Å². The van der Waals surface area contributed by atoms with Gasteiger partial charge in [-0.15, -0.1) is 11.8 Å². The van der Waals surface area contributed by atoms with Gasteiger partial charge in [-0.1, -0.05) is 18.5 Å². The number of carboxylic acid groups (broad SMARTS) is 1. The molecule has 0 saturated carbocycles. The third kappa shape index (κ3) is 6.34. The standard InChI is InChI=1S/C17H25ClN2O2S/c1-2-20(13-17(21)22)15-7-9-19(10-8-15)11-12-23-16-5-3-14(18)4-6-16/h3-6,15H,2,7-13H2,1H3,(H,21,22). The quantitative estimate of drug-likeness (QED) is 0.724. The zero-order valence-electron chi connectivity index (χ0n) is 13.6. The molecule has 1 N–H and O–H groups in total. The number of nitrogens with zero attached hydrogens (tertiary/aromatic N) is 2. The average molecular weight is 357 g/mol. The van der Waals surface area contributed by atoms with Crippen LogP contribution in [0.3, 0.4) is 0 Å². The molecule has 1 aromatic rings. The molecule has 1 heterocycles. The molecule has 128 valence electrons. The maximum absolute atomic E-state index is 10.9. The highest BCUT2D eigenvalue weighted by molar-refractivity contribution is 7.99. The van der Waals surface area contributed by atoms with Gasteiger partial charge in [0.15, 0.2) is 0 Å². The second-order valence-electron chi connectivity index (χ2n) is 5.83. The number of carboxylic acids is 1. The minimum atomic E-state index is -0.728. The molecule has 0 aromatic heterocycles. The van der Waals surface area contributed by atoms with Crippen LogP contribution in [0, 0.1) is 0 Å². The number of halogens is 1. The first-order chi connectivity index (χ1) is 11.1. The number of aliphatic carboxylic acids is 1. The fraction of sp³-hybridized carbons (Fsp3) is 0.588. The van der Waals surface area contributed by atoms with Crippen LogP contribution in [0.4, 0.5) is 0 Å². The topological polar surface area (TPSA) is 43.8 Å². The summed E-state index contributed by atoms with van der Waals surface area (Å²) in [6, 6.07) is 8.39. The molecule has 1 aliphatic heterocycles. The molecule has 0 amide bonds. The number of likely N-dealkylation sites (N-methyl/N-ethyl adjacent to an activating group) is 1. The molecular formula is C17H25ClN2O2S. The van der Waals surface area contributed by atoms with Crippen molar-refractivity contribution in [3.05, 3.63) is 29.3 Å². The first kappa shape index (κ1) is 18.6. The first-order valence-corrected chi connectivity index (χ1v) is 9.51. The van der Waals surface area contributed by atoms with Crippen molar-refractivity contribution in [2.45, 2.75) is 30.7 Å². The van der Waals surface area contributed by atoms with Crippen LogP contribution >= 0.6 is 23.4 Å². The molecule has 2 rings (SSSR count). The van der Waals surface area contributed by atoms with Crippen LogP contribution in [0.25, 0.3) is 0 Å². The van der Waals surface area contributed by atoms with E-state index in [1.54, 1.807) is 0 Å². The molecule has 0 unspecified atom stereocenters. The molecular weight excluding hydrogens is 332 g/mol. The van der Waals surface area contributed by atoms with Crippen LogP contribution in [0.5, 0.6) is 0 Å². The Morgan fingerprint density at radius 1 is 1.35 bits per heavy atom. The molecule has 0 atom stereocenters. The van der Waals surface area contributed by atoms with Crippen molar-refractivity contribution in [2.24, 2.45) is 0 Å². The molecule has 23 heavy (non-hydrogen) atoms. The maximum atomic E-state index is 10.9. The zero-order chi connectivity index (χ0) is 16.7. The van der Waals surface area contributed by atoms with Gasteiger partial charge in [0.2, 0.25) is 0 Å². The van der Waals surface area contributed by atoms with E-state index in [4.69, 9.17) is 16.7 Å². The number of likely N-dealkylation sites (tertiary alicyclic amines) is 1. The average Bonchev–Trinajstić information content (AvgIpc) is 2.55. The van der Waals surface area contributed by atoms with Gasteiger partial charge < -0.3 is 10.0 Å². The van der Waals surface area contributed by atoms with Crippen LogP contribution in [-0.4, -0.2) is 65.4 Å². The number of thioether (sulfide) groups is 1. The fourth-order valence-electron chi connectivity index (χ4n) is 3.00. The van der Waals surface area contributed by atoms with E-state index in [1.165, 1.54) is 4.90 Å². The number of hydrogen-bond acceptors (Lipinski definition) is 4. The minimum Gasteiger partial charge on any atom is -0.480 e. The van der Waals surface area contributed by atoms with Gasteiger partial charge in [0.25, 0.3) is 0 Å². The lowest BCUT2D eigenvalue weighted by atomic mass is 10.0. The van der Waals surface area contributed by atoms with Gasteiger partial charge >= 0.3 is 5.97 Å². The number of piperidine rings is 1. The number of hydrogen-bond donors (Lipinski definition) is 1. The van der Waals surface area contributed by atoms with Gasteiger partial charge in [-0.3, -0.25) is 9.69 Å². The number of carbonyl (C=O) groups is 1. The highest BCUT2D eigenvalue weighted by atomic mass is 35.5. The largest absolute Gasteiger partial charge is 0.480 e. The minimum absolute atomic E-state index is 0.160. The van der Waals surface area contributed by atoms with Crippen molar-refractivity contribution < 1.29 is 9.90 Å². The summed E-state index contributed by atoms with van der Waals surface area (Å²) in [4.78, 5) is 16.7. The Morgan fingerprint density at radius 2 is 2.00 bits per heavy atom. The summed E-state index contributed by atoms with van der Waals surface area (Å²) in [5.41, 5.74) is 0. The van der Waals surface area contributed by atoms with Gasteiger partial charge in [-0.25, -0.2) is 0 Å². The van der Waals surface area contributed by atoms with Gasteiger partial charge in [-0.05, 0) is 56.7 Å². The molecule has 0 bridgehead atoms. The third-order valence-electron chi connectivity index (χ3n) is 4.31. The van der Waals surface area contributed by atoms with Crippen LogP contribution in [0.2, 0.25) is 5.02 Å².